The number of allylic oxidation sites excluding steroid dienone is 1. The van der Waals surface area contributed by atoms with Crippen LogP contribution in [-0.2, 0) is 4.79 Å². The van der Waals surface area contributed by atoms with E-state index < -0.39 is 6.04 Å². The minimum absolute atomic E-state index is 0.253. The lowest BCUT2D eigenvalue weighted by atomic mass is 10.2. The summed E-state index contributed by atoms with van der Waals surface area (Å²) in [5.74, 6) is 0. The van der Waals surface area contributed by atoms with Crippen molar-refractivity contribution in [3.8, 4) is 0 Å². The molecule has 0 aliphatic rings. The van der Waals surface area contributed by atoms with Gasteiger partial charge in [-0.05, 0) is 12.8 Å². The second-order valence-corrected chi connectivity index (χ2v) is 2.25. The van der Waals surface area contributed by atoms with Crippen molar-refractivity contribution in [3.63, 3.8) is 0 Å². The average Bonchev–Trinajstić information content (AvgIpc) is 1.82. The summed E-state index contributed by atoms with van der Waals surface area (Å²) >= 11 is 3.57. The Morgan fingerprint density at radius 1 is 1.89 bits per heavy atom. The van der Waals surface area contributed by atoms with Crippen LogP contribution in [0.2, 0.25) is 0 Å². The first-order chi connectivity index (χ1) is 4.18. The van der Waals surface area contributed by atoms with Gasteiger partial charge < -0.3 is 5.73 Å². The van der Waals surface area contributed by atoms with Crippen LogP contribution in [0.5, 0.6) is 0 Å². The van der Waals surface area contributed by atoms with Crippen LogP contribution in [0.3, 0.4) is 0 Å². The third kappa shape index (κ3) is 4.24. The first-order valence-corrected chi connectivity index (χ1v) is 3.22. The Balaban J connectivity index is 3.37. The van der Waals surface area contributed by atoms with Gasteiger partial charge in [-0.15, -0.1) is 19.2 Å². The van der Waals surface area contributed by atoms with Crippen molar-refractivity contribution < 1.29 is 4.79 Å². The predicted octanol–water partition coefficient (Wildman–Crippen LogP) is 0.736. The van der Waals surface area contributed by atoms with Crippen molar-refractivity contribution in [1.29, 1.82) is 0 Å². The molecule has 0 amide bonds. The molecule has 0 unspecified atom stereocenters. The summed E-state index contributed by atoms with van der Waals surface area (Å²) in [6, 6.07) is -0.425. The predicted molar refractivity (Wildman–Crippen MR) is 41.4 cm³/mol. The fourth-order valence-electron chi connectivity index (χ4n) is 0.421. The van der Waals surface area contributed by atoms with Gasteiger partial charge in [0, 0.05) is 0 Å². The summed E-state index contributed by atoms with van der Waals surface area (Å²) < 4.78 is 0. The van der Waals surface area contributed by atoms with Gasteiger partial charge in [-0.2, -0.15) is 0 Å². The molecular formula is C6H11NOS. The fraction of sp³-hybridized carbons (Fsp3) is 0.500. The second kappa shape index (κ2) is 4.58. The Labute approximate surface area is 60.5 Å². The van der Waals surface area contributed by atoms with E-state index in [1.165, 1.54) is 0 Å². The molecule has 52 valence electrons. The Hall–Kier alpha value is -0.280. The molecular weight excluding hydrogens is 134 g/mol. The molecule has 0 fully saturated rings. The van der Waals surface area contributed by atoms with Crippen LogP contribution >= 0.6 is 12.6 Å². The van der Waals surface area contributed by atoms with E-state index in [2.05, 4.69) is 19.2 Å². The van der Waals surface area contributed by atoms with E-state index in [4.69, 9.17) is 5.73 Å². The van der Waals surface area contributed by atoms with Gasteiger partial charge in [0.25, 0.3) is 0 Å². The van der Waals surface area contributed by atoms with Crippen molar-refractivity contribution in [2.45, 2.75) is 18.9 Å². The standard InChI is InChI=1S/C6H11NOS/c1-2-3-4-5(7)6(8)9/h2,5H,1,3-4,7H2,(H,8,9)/t5-/m0/s1. The van der Waals surface area contributed by atoms with E-state index >= 15 is 0 Å². The summed E-state index contributed by atoms with van der Waals surface area (Å²) in [5.41, 5.74) is 5.33. The van der Waals surface area contributed by atoms with Crippen LogP contribution in [0, 0.1) is 0 Å². The van der Waals surface area contributed by atoms with Gasteiger partial charge in [0.1, 0.15) is 0 Å². The Morgan fingerprint density at radius 2 is 2.44 bits per heavy atom. The third-order valence-electron chi connectivity index (χ3n) is 0.999. The van der Waals surface area contributed by atoms with Crippen molar-refractivity contribution in [2.75, 3.05) is 0 Å². The highest BCUT2D eigenvalue weighted by Crippen LogP contribution is 1.97. The zero-order chi connectivity index (χ0) is 7.28. The molecule has 0 radical (unpaired) electrons. The normalized spacial score (nSPS) is 12.7. The Bertz CT molecular complexity index is 114. The smallest absolute Gasteiger partial charge is 0.202 e. The van der Waals surface area contributed by atoms with Gasteiger partial charge in [0.05, 0.1) is 6.04 Å². The molecule has 0 rings (SSSR count). The number of thiol groups is 1. The van der Waals surface area contributed by atoms with E-state index in [9.17, 15) is 4.79 Å². The monoisotopic (exact) mass is 145 g/mol. The molecule has 3 heteroatoms. The van der Waals surface area contributed by atoms with Gasteiger partial charge in [-0.3, -0.25) is 4.79 Å². The first-order valence-electron chi connectivity index (χ1n) is 2.77. The highest BCUT2D eigenvalue weighted by atomic mass is 32.1. The highest BCUT2D eigenvalue weighted by Gasteiger charge is 2.05. The zero-order valence-electron chi connectivity index (χ0n) is 5.21. The van der Waals surface area contributed by atoms with E-state index in [1.54, 1.807) is 6.08 Å². The van der Waals surface area contributed by atoms with Gasteiger partial charge in [-0.25, -0.2) is 0 Å². The summed E-state index contributed by atoms with van der Waals surface area (Å²) in [4.78, 5) is 10.4. The van der Waals surface area contributed by atoms with Crippen LogP contribution in [-0.4, -0.2) is 11.2 Å². The highest BCUT2D eigenvalue weighted by molar-refractivity contribution is 7.96. The van der Waals surface area contributed by atoms with Crippen molar-refractivity contribution in [3.05, 3.63) is 12.7 Å². The maximum absolute atomic E-state index is 10.4. The summed E-state index contributed by atoms with van der Waals surface area (Å²) in [7, 11) is 0. The third-order valence-corrected chi connectivity index (χ3v) is 1.33. The van der Waals surface area contributed by atoms with E-state index in [0.717, 1.165) is 6.42 Å². The summed E-state index contributed by atoms with van der Waals surface area (Å²) in [5, 5.41) is -0.253. The largest absolute Gasteiger partial charge is 0.321 e. The summed E-state index contributed by atoms with van der Waals surface area (Å²) in [6.07, 6.45) is 3.15. The van der Waals surface area contributed by atoms with Crippen LogP contribution in [0.1, 0.15) is 12.8 Å². The Kier molecular flexibility index (Phi) is 4.44. The molecule has 0 heterocycles. The molecule has 0 bridgehead atoms. The number of rotatable bonds is 4. The van der Waals surface area contributed by atoms with Crippen LogP contribution in [0.15, 0.2) is 12.7 Å². The van der Waals surface area contributed by atoms with Gasteiger partial charge in [0.15, 0.2) is 0 Å². The maximum Gasteiger partial charge on any atom is 0.202 e. The topological polar surface area (TPSA) is 43.1 Å². The van der Waals surface area contributed by atoms with Crippen molar-refractivity contribution >= 4 is 17.7 Å². The molecule has 0 aromatic heterocycles. The lowest BCUT2D eigenvalue weighted by Gasteiger charge is -2.02. The minimum atomic E-state index is -0.425. The van der Waals surface area contributed by atoms with Gasteiger partial charge in [0.2, 0.25) is 5.12 Å². The maximum atomic E-state index is 10.4. The molecule has 0 aromatic rings. The number of nitrogens with two attached hydrogens (primary N) is 1. The number of hydrogen-bond donors (Lipinski definition) is 2. The zero-order valence-corrected chi connectivity index (χ0v) is 6.10. The summed E-state index contributed by atoms with van der Waals surface area (Å²) in [6.45, 7) is 3.50. The quantitative estimate of drug-likeness (QED) is 0.452. The first kappa shape index (κ1) is 8.72. The number of carbonyl (C=O) groups excluding carboxylic acids is 1. The Morgan fingerprint density at radius 3 is 2.78 bits per heavy atom. The molecule has 2 N–H and O–H groups in total. The molecule has 2 nitrogen and oxygen atoms in total. The van der Waals surface area contributed by atoms with E-state index in [0.29, 0.717) is 6.42 Å². The minimum Gasteiger partial charge on any atom is -0.321 e. The molecule has 0 saturated heterocycles. The molecule has 0 aliphatic heterocycles. The lowest BCUT2D eigenvalue weighted by molar-refractivity contribution is -0.112. The number of hydrogen-bond acceptors (Lipinski definition) is 2. The average molecular weight is 145 g/mol. The molecule has 0 aromatic carbocycles. The molecule has 0 aliphatic carbocycles. The number of carbonyl (C=O) groups is 1. The van der Waals surface area contributed by atoms with Crippen LogP contribution in [0.4, 0.5) is 0 Å². The molecule has 0 spiro atoms. The van der Waals surface area contributed by atoms with E-state index in [1.807, 2.05) is 0 Å². The van der Waals surface area contributed by atoms with Crippen LogP contribution < -0.4 is 5.73 Å². The van der Waals surface area contributed by atoms with Crippen molar-refractivity contribution in [2.24, 2.45) is 5.73 Å². The molecule has 0 saturated carbocycles. The second-order valence-electron chi connectivity index (χ2n) is 1.81. The van der Waals surface area contributed by atoms with Crippen molar-refractivity contribution in [1.82, 2.24) is 0 Å². The molecule has 9 heavy (non-hydrogen) atoms. The lowest BCUT2D eigenvalue weighted by Crippen LogP contribution is -2.26. The fourth-order valence-corrected chi connectivity index (χ4v) is 0.550. The van der Waals surface area contributed by atoms with Gasteiger partial charge >= 0.3 is 0 Å². The molecule has 1 atom stereocenters. The van der Waals surface area contributed by atoms with Crippen LogP contribution in [0.25, 0.3) is 0 Å². The SMILES string of the molecule is C=CCC[C@H](N)C(=O)S. The van der Waals surface area contributed by atoms with E-state index in [-0.39, 0.29) is 5.12 Å². The van der Waals surface area contributed by atoms with Gasteiger partial charge in [-0.1, -0.05) is 6.08 Å².